The summed E-state index contributed by atoms with van der Waals surface area (Å²) < 4.78 is 11.1. The second-order valence-electron chi connectivity index (χ2n) is 8.80. The number of hydrogen-bond donors (Lipinski definition) is 1. The van der Waals surface area contributed by atoms with Gasteiger partial charge in [-0.25, -0.2) is 4.98 Å². The first-order valence-electron chi connectivity index (χ1n) is 11.0. The first-order valence-corrected chi connectivity index (χ1v) is 11.0. The van der Waals surface area contributed by atoms with Gasteiger partial charge < -0.3 is 19.7 Å². The lowest BCUT2D eigenvalue weighted by molar-refractivity contribution is 0.0901. The van der Waals surface area contributed by atoms with Crippen molar-refractivity contribution < 1.29 is 14.3 Å². The molecule has 4 rings (SSSR count). The number of aryl methyl sites for hydroxylation is 1. The van der Waals surface area contributed by atoms with Crippen LogP contribution in [-0.4, -0.2) is 52.9 Å². The number of methoxy groups -OCH3 is 1. The average Bonchev–Trinajstić information content (AvgIpc) is 3.20. The lowest BCUT2D eigenvalue weighted by Crippen LogP contribution is -2.44. The minimum absolute atomic E-state index is 0.118. The number of ether oxygens (including phenoxy) is 2. The maximum atomic E-state index is 12.6. The molecule has 2 aromatic heterocycles. The van der Waals surface area contributed by atoms with Crippen LogP contribution in [0.4, 0.5) is 5.82 Å². The standard InChI is InChI=1S/C23H31N5O3/c1-16-14-19(22(29)25-23(2)10-4-5-11-23)26-27-21(16)28-12-8-17(9-13-28)31-18-6-7-20(30-3)24-15-18/h6-7,14-15,17H,4-5,8-13H2,1-3H3,(H,25,29). The number of pyridine rings is 1. The normalized spacial score (nSPS) is 18.6. The van der Waals surface area contributed by atoms with Crippen LogP contribution in [0.5, 0.6) is 11.6 Å². The zero-order chi connectivity index (χ0) is 21.8. The summed E-state index contributed by atoms with van der Waals surface area (Å²) in [6.07, 6.45) is 7.96. The van der Waals surface area contributed by atoms with Gasteiger partial charge in [-0.1, -0.05) is 12.8 Å². The van der Waals surface area contributed by atoms with Crippen molar-refractivity contribution in [2.24, 2.45) is 0 Å². The molecule has 1 aliphatic heterocycles. The highest BCUT2D eigenvalue weighted by Crippen LogP contribution is 2.29. The third kappa shape index (κ3) is 5.06. The Kier molecular flexibility index (Phi) is 6.25. The Morgan fingerprint density at radius 1 is 1.19 bits per heavy atom. The van der Waals surface area contributed by atoms with Crippen LogP contribution in [0.15, 0.2) is 24.4 Å². The van der Waals surface area contributed by atoms with Crippen molar-refractivity contribution in [1.29, 1.82) is 0 Å². The van der Waals surface area contributed by atoms with E-state index in [0.717, 1.165) is 68.7 Å². The molecule has 1 aliphatic carbocycles. The van der Waals surface area contributed by atoms with E-state index in [1.807, 2.05) is 19.1 Å². The molecular weight excluding hydrogens is 394 g/mol. The summed E-state index contributed by atoms with van der Waals surface area (Å²) in [5.74, 6) is 2.03. The molecule has 31 heavy (non-hydrogen) atoms. The summed E-state index contributed by atoms with van der Waals surface area (Å²) in [6.45, 7) is 5.76. The van der Waals surface area contributed by atoms with E-state index < -0.39 is 0 Å². The molecule has 0 unspecified atom stereocenters. The second kappa shape index (κ2) is 9.08. The molecule has 0 bridgehead atoms. The van der Waals surface area contributed by atoms with E-state index in [-0.39, 0.29) is 17.6 Å². The molecule has 3 heterocycles. The van der Waals surface area contributed by atoms with Crippen molar-refractivity contribution in [3.63, 3.8) is 0 Å². The van der Waals surface area contributed by atoms with Crippen molar-refractivity contribution >= 4 is 11.7 Å². The number of carbonyl (C=O) groups is 1. The molecule has 0 atom stereocenters. The van der Waals surface area contributed by atoms with Crippen molar-refractivity contribution in [3.8, 4) is 11.6 Å². The molecule has 8 heteroatoms. The van der Waals surface area contributed by atoms with Crippen LogP contribution in [0.1, 0.15) is 61.5 Å². The summed E-state index contributed by atoms with van der Waals surface area (Å²) in [4.78, 5) is 19.0. The van der Waals surface area contributed by atoms with E-state index in [0.29, 0.717) is 11.6 Å². The monoisotopic (exact) mass is 425 g/mol. The lowest BCUT2D eigenvalue weighted by atomic mass is 10.0. The summed E-state index contributed by atoms with van der Waals surface area (Å²) in [5, 5.41) is 11.8. The number of piperidine rings is 1. The molecule has 166 valence electrons. The number of rotatable bonds is 6. The Morgan fingerprint density at radius 2 is 1.94 bits per heavy atom. The van der Waals surface area contributed by atoms with Crippen LogP contribution in [0.3, 0.4) is 0 Å². The predicted octanol–water partition coefficient (Wildman–Crippen LogP) is 3.30. The van der Waals surface area contributed by atoms with Crippen LogP contribution in [0, 0.1) is 6.92 Å². The Labute approximate surface area is 183 Å². The molecule has 0 aromatic carbocycles. The van der Waals surface area contributed by atoms with E-state index in [1.54, 1.807) is 19.4 Å². The zero-order valence-electron chi connectivity index (χ0n) is 18.6. The van der Waals surface area contributed by atoms with Gasteiger partial charge in [0.1, 0.15) is 11.9 Å². The Bertz CT molecular complexity index is 904. The average molecular weight is 426 g/mol. The predicted molar refractivity (Wildman–Crippen MR) is 118 cm³/mol. The number of hydrogen-bond acceptors (Lipinski definition) is 7. The van der Waals surface area contributed by atoms with Gasteiger partial charge >= 0.3 is 0 Å². The molecule has 0 spiro atoms. The van der Waals surface area contributed by atoms with Crippen molar-refractivity contribution in [3.05, 3.63) is 35.7 Å². The van der Waals surface area contributed by atoms with E-state index in [9.17, 15) is 4.79 Å². The molecule has 2 aliphatic rings. The minimum atomic E-state index is -0.133. The second-order valence-corrected chi connectivity index (χ2v) is 8.80. The fourth-order valence-electron chi connectivity index (χ4n) is 4.46. The SMILES string of the molecule is COc1ccc(OC2CCN(c3nnc(C(=O)NC4(C)CCCC4)cc3C)CC2)cn1. The van der Waals surface area contributed by atoms with Crippen LogP contribution < -0.4 is 19.7 Å². The highest BCUT2D eigenvalue weighted by Gasteiger charge is 2.31. The van der Waals surface area contributed by atoms with Crippen LogP contribution >= 0.6 is 0 Å². The van der Waals surface area contributed by atoms with Gasteiger partial charge in [-0.05, 0) is 44.4 Å². The summed E-state index contributed by atoms with van der Waals surface area (Å²) >= 11 is 0. The van der Waals surface area contributed by atoms with Crippen molar-refractivity contribution in [2.75, 3.05) is 25.1 Å². The quantitative estimate of drug-likeness (QED) is 0.759. The molecule has 0 radical (unpaired) electrons. The molecule has 1 amide bonds. The number of anilines is 1. The highest BCUT2D eigenvalue weighted by atomic mass is 16.5. The number of carbonyl (C=O) groups excluding carboxylic acids is 1. The van der Waals surface area contributed by atoms with Crippen LogP contribution in [0.25, 0.3) is 0 Å². The van der Waals surface area contributed by atoms with E-state index in [1.165, 1.54) is 0 Å². The van der Waals surface area contributed by atoms with Crippen molar-refractivity contribution in [1.82, 2.24) is 20.5 Å². The largest absolute Gasteiger partial charge is 0.489 e. The molecule has 1 saturated carbocycles. The molecule has 2 fully saturated rings. The molecule has 1 saturated heterocycles. The Morgan fingerprint density at radius 3 is 2.55 bits per heavy atom. The minimum Gasteiger partial charge on any atom is -0.489 e. The number of amides is 1. The smallest absolute Gasteiger partial charge is 0.272 e. The van der Waals surface area contributed by atoms with Gasteiger partial charge in [-0.15, -0.1) is 10.2 Å². The van der Waals surface area contributed by atoms with Gasteiger partial charge in [-0.2, -0.15) is 0 Å². The summed E-state index contributed by atoms with van der Waals surface area (Å²) in [6, 6.07) is 5.53. The first kappa shape index (κ1) is 21.3. The van der Waals surface area contributed by atoms with Gasteiger partial charge in [-0.3, -0.25) is 4.79 Å². The molecule has 8 nitrogen and oxygen atoms in total. The topological polar surface area (TPSA) is 89.5 Å². The van der Waals surface area contributed by atoms with E-state index >= 15 is 0 Å². The number of aromatic nitrogens is 3. The lowest BCUT2D eigenvalue weighted by Gasteiger charge is -2.33. The van der Waals surface area contributed by atoms with Crippen molar-refractivity contribution in [2.45, 2.75) is 64.0 Å². The summed E-state index contributed by atoms with van der Waals surface area (Å²) in [7, 11) is 1.60. The highest BCUT2D eigenvalue weighted by molar-refractivity contribution is 5.93. The van der Waals surface area contributed by atoms with E-state index in [4.69, 9.17) is 9.47 Å². The molecular formula is C23H31N5O3. The van der Waals surface area contributed by atoms with Gasteiger partial charge in [0.15, 0.2) is 11.5 Å². The first-order chi connectivity index (χ1) is 15.0. The Hall–Kier alpha value is -2.90. The number of nitrogens with one attached hydrogen (secondary N) is 1. The fraction of sp³-hybridized carbons (Fsp3) is 0.565. The van der Waals surface area contributed by atoms with Gasteiger partial charge in [0.25, 0.3) is 5.91 Å². The van der Waals surface area contributed by atoms with E-state index in [2.05, 4.69) is 32.3 Å². The molecule has 2 aromatic rings. The van der Waals surface area contributed by atoms with Gasteiger partial charge in [0, 0.05) is 37.5 Å². The third-order valence-corrected chi connectivity index (χ3v) is 6.28. The Balaban J connectivity index is 1.33. The van der Waals surface area contributed by atoms with Gasteiger partial charge in [0.2, 0.25) is 5.88 Å². The zero-order valence-corrected chi connectivity index (χ0v) is 18.6. The molecule has 1 N–H and O–H groups in total. The van der Waals surface area contributed by atoms with Crippen LogP contribution in [-0.2, 0) is 0 Å². The van der Waals surface area contributed by atoms with Crippen LogP contribution in [0.2, 0.25) is 0 Å². The van der Waals surface area contributed by atoms with Gasteiger partial charge in [0.05, 0.1) is 13.3 Å². The maximum absolute atomic E-state index is 12.6. The summed E-state index contributed by atoms with van der Waals surface area (Å²) in [5.41, 5.74) is 1.24. The maximum Gasteiger partial charge on any atom is 0.272 e. The number of nitrogens with zero attached hydrogens (tertiary/aromatic N) is 4. The third-order valence-electron chi connectivity index (χ3n) is 6.28. The fourth-order valence-corrected chi connectivity index (χ4v) is 4.46.